The zero-order valence-corrected chi connectivity index (χ0v) is 8.61. The van der Waals surface area contributed by atoms with Crippen LogP contribution in [0.2, 0.25) is 0 Å². The van der Waals surface area contributed by atoms with E-state index < -0.39 is 0 Å². The predicted molar refractivity (Wildman–Crippen MR) is 60.6 cm³/mol. The van der Waals surface area contributed by atoms with E-state index in [4.69, 9.17) is 0 Å². The van der Waals surface area contributed by atoms with Crippen molar-refractivity contribution in [1.82, 2.24) is 15.0 Å². The molecule has 0 saturated heterocycles. The molecule has 0 amide bonds. The topological polar surface area (TPSA) is 38.7 Å². The molecular formula is C11H7N3S. The second-order valence-electron chi connectivity index (χ2n) is 3.14. The first kappa shape index (κ1) is 8.49. The van der Waals surface area contributed by atoms with Gasteiger partial charge in [0.1, 0.15) is 11.2 Å². The van der Waals surface area contributed by atoms with Crippen molar-refractivity contribution in [2.24, 2.45) is 0 Å². The average molecular weight is 213 g/mol. The van der Waals surface area contributed by atoms with Crippen molar-refractivity contribution in [1.29, 1.82) is 0 Å². The molecule has 0 aliphatic heterocycles. The molecule has 0 aromatic carbocycles. The van der Waals surface area contributed by atoms with Gasteiger partial charge < -0.3 is 0 Å². The van der Waals surface area contributed by atoms with E-state index in [1.54, 1.807) is 11.3 Å². The van der Waals surface area contributed by atoms with Crippen LogP contribution in [0.3, 0.4) is 0 Å². The van der Waals surface area contributed by atoms with Crippen molar-refractivity contribution in [3.05, 3.63) is 43.1 Å². The van der Waals surface area contributed by atoms with Gasteiger partial charge in [0, 0.05) is 34.4 Å². The second-order valence-corrected chi connectivity index (χ2v) is 4.17. The minimum Gasteiger partial charge on any atom is -0.245 e. The van der Waals surface area contributed by atoms with Gasteiger partial charge in [0.15, 0.2) is 0 Å². The molecule has 0 bridgehead atoms. The van der Waals surface area contributed by atoms with Crippen LogP contribution in [0.1, 0.15) is 0 Å². The molecular weight excluding hydrogens is 206 g/mol. The highest BCUT2D eigenvalue weighted by atomic mass is 32.1. The molecule has 0 aliphatic carbocycles. The summed E-state index contributed by atoms with van der Waals surface area (Å²) in [4.78, 5) is 14.5. The third kappa shape index (κ3) is 1.49. The van der Waals surface area contributed by atoms with Gasteiger partial charge in [0.2, 0.25) is 0 Å². The third-order valence-corrected chi connectivity index (χ3v) is 3.25. The lowest BCUT2D eigenvalue weighted by Crippen LogP contribution is -1.77. The number of fused-ring (bicyclic) bond motifs is 1. The summed E-state index contributed by atoms with van der Waals surface area (Å²) in [6.07, 6.45) is 6.98. The quantitative estimate of drug-likeness (QED) is 0.624. The Morgan fingerprint density at radius 3 is 2.80 bits per heavy atom. The normalized spacial score (nSPS) is 10.7. The van der Waals surface area contributed by atoms with Crippen LogP contribution in [-0.2, 0) is 0 Å². The Hall–Kier alpha value is -1.81. The molecule has 72 valence electrons. The van der Waals surface area contributed by atoms with E-state index >= 15 is 0 Å². The minimum absolute atomic E-state index is 1.04. The molecule has 3 heterocycles. The molecule has 0 atom stereocenters. The van der Waals surface area contributed by atoms with Crippen LogP contribution in [0.4, 0.5) is 0 Å². The van der Waals surface area contributed by atoms with Crippen LogP contribution in [0.15, 0.2) is 43.1 Å². The van der Waals surface area contributed by atoms with Crippen molar-refractivity contribution >= 4 is 21.6 Å². The maximum absolute atomic E-state index is 4.31. The van der Waals surface area contributed by atoms with E-state index in [0.29, 0.717) is 0 Å². The second kappa shape index (κ2) is 3.40. The Kier molecular flexibility index (Phi) is 1.93. The molecule has 15 heavy (non-hydrogen) atoms. The molecule has 3 rings (SSSR count). The highest BCUT2D eigenvalue weighted by molar-refractivity contribution is 7.21. The van der Waals surface area contributed by atoms with Crippen molar-refractivity contribution in [2.45, 2.75) is 0 Å². The van der Waals surface area contributed by atoms with Gasteiger partial charge in [-0.25, -0.2) is 15.0 Å². The van der Waals surface area contributed by atoms with Gasteiger partial charge in [-0.2, -0.15) is 0 Å². The van der Waals surface area contributed by atoms with Crippen molar-refractivity contribution in [2.75, 3.05) is 0 Å². The number of rotatable bonds is 1. The SMILES string of the molecule is c1cnc2sc(-c3cncnc3)cc2c1. The average Bonchev–Trinajstić information content (AvgIpc) is 2.74. The van der Waals surface area contributed by atoms with E-state index in [2.05, 4.69) is 27.1 Å². The number of nitrogens with zero attached hydrogens (tertiary/aromatic N) is 3. The smallest absolute Gasteiger partial charge is 0.123 e. The van der Waals surface area contributed by atoms with E-state index in [0.717, 1.165) is 15.3 Å². The summed E-state index contributed by atoms with van der Waals surface area (Å²) < 4.78 is 0. The fourth-order valence-corrected chi connectivity index (χ4v) is 2.42. The molecule has 4 heteroatoms. The molecule has 0 unspecified atom stereocenters. The molecule has 0 spiro atoms. The van der Waals surface area contributed by atoms with Gasteiger partial charge in [-0.3, -0.25) is 0 Å². The largest absolute Gasteiger partial charge is 0.245 e. The van der Waals surface area contributed by atoms with Crippen LogP contribution in [-0.4, -0.2) is 15.0 Å². The molecule has 0 aliphatic rings. The highest BCUT2D eigenvalue weighted by Crippen LogP contribution is 2.30. The van der Waals surface area contributed by atoms with Crippen LogP contribution in [0, 0.1) is 0 Å². The Labute approximate surface area is 90.5 Å². The summed E-state index contributed by atoms with van der Waals surface area (Å²) in [5.74, 6) is 0. The summed E-state index contributed by atoms with van der Waals surface area (Å²) >= 11 is 1.66. The van der Waals surface area contributed by atoms with Crippen molar-refractivity contribution in [3.8, 4) is 10.4 Å². The molecule has 0 fully saturated rings. The van der Waals surface area contributed by atoms with Crippen molar-refractivity contribution < 1.29 is 0 Å². The Bertz CT molecular complexity index is 556. The predicted octanol–water partition coefficient (Wildman–Crippen LogP) is 2.75. The maximum atomic E-state index is 4.31. The van der Waals surface area contributed by atoms with E-state index in [1.165, 1.54) is 11.7 Å². The van der Waals surface area contributed by atoms with Crippen molar-refractivity contribution in [3.63, 3.8) is 0 Å². The standard InChI is InChI=1S/C11H7N3S/c1-2-8-4-10(15-11(8)14-3-1)9-5-12-7-13-6-9/h1-7H. The third-order valence-electron chi connectivity index (χ3n) is 2.14. The first-order chi connectivity index (χ1) is 7.43. The number of hydrogen-bond donors (Lipinski definition) is 0. The monoisotopic (exact) mass is 213 g/mol. The lowest BCUT2D eigenvalue weighted by Gasteiger charge is -1.91. The first-order valence-electron chi connectivity index (χ1n) is 4.53. The number of pyridine rings is 1. The lowest BCUT2D eigenvalue weighted by molar-refractivity contribution is 1.17. The molecule has 3 aromatic rings. The van der Waals surface area contributed by atoms with Crippen LogP contribution >= 0.6 is 11.3 Å². The van der Waals surface area contributed by atoms with E-state index in [-0.39, 0.29) is 0 Å². The van der Waals surface area contributed by atoms with Crippen LogP contribution < -0.4 is 0 Å². The summed E-state index contributed by atoms with van der Waals surface area (Å²) in [6, 6.07) is 6.12. The summed E-state index contributed by atoms with van der Waals surface area (Å²) in [5, 5.41) is 1.17. The molecule has 0 radical (unpaired) electrons. The van der Waals surface area contributed by atoms with Gasteiger partial charge >= 0.3 is 0 Å². The lowest BCUT2D eigenvalue weighted by atomic mass is 10.2. The Morgan fingerprint density at radius 2 is 2.00 bits per heavy atom. The summed E-state index contributed by atoms with van der Waals surface area (Å²) in [6.45, 7) is 0. The van der Waals surface area contributed by atoms with Crippen LogP contribution in [0.5, 0.6) is 0 Å². The van der Waals surface area contributed by atoms with E-state index in [1.807, 2.05) is 24.7 Å². The van der Waals surface area contributed by atoms with E-state index in [9.17, 15) is 0 Å². The number of hydrogen-bond acceptors (Lipinski definition) is 4. The van der Waals surface area contributed by atoms with Gasteiger partial charge in [0.25, 0.3) is 0 Å². The molecule has 3 aromatic heterocycles. The molecule has 0 N–H and O–H groups in total. The number of aromatic nitrogens is 3. The van der Waals surface area contributed by atoms with Crippen LogP contribution in [0.25, 0.3) is 20.7 Å². The van der Waals surface area contributed by atoms with Gasteiger partial charge in [-0.05, 0) is 12.1 Å². The fourth-order valence-electron chi connectivity index (χ4n) is 1.44. The Morgan fingerprint density at radius 1 is 1.13 bits per heavy atom. The zero-order chi connectivity index (χ0) is 10.1. The molecule has 3 nitrogen and oxygen atoms in total. The minimum atomic E-state index is 1.04. The Balaban J connectivity index is 2.21. The summed E-state index contributed by atoms with van der Waals surface area (Å²) in [7, 11) is 0. The van der Waals surface area contributed by atoms with Gasteiger partial charge in [-0.15, -0.1) is 11.3 Å². The highest BCUT2D eigenvalue weighted by Gasteiger charge is 2.04. The maximum Gasteiger partial charge on any atom is 0.123 e. The van der Waals surface area contributed by atoms with Gasteiger partial charge in [0.05, 0.1) is 0 Å². The zero-order valence-electron chi connectivity index (χ0n) is 7.79. The fraction of sp³-hybridized carbons (Fsp3) is 0. The van der Waals surface area contributed by atoms with Gasteiger partial charge in [-0.1, -0.05) is 6.07 Å². The molecule has 0 saturated carbocycles. The number of thiophene rings is 1. The first-order valence-corrected chi connectivity index (χ1v) is 5.35. The summed E-state index contributed by atoms with van der Waals surface area (Å²) in [5.41, 5.74) is 1.04.